The van der Waals surface area contributed by atoms with Crippen LogP contribution >= 0.6 is 0 Å². The van der Waals surface area contributed by atoms with Gasteiger partial charge in [0.15, 0.2) is 0 Å². The predicted molar refractivity (Wildman–Crippen MR) is 263 cm³/mol. The highest BCUT2D eigenvalue weighted by molar-refractivity contribution is 5.73. The van der Waals surface area contributed by atoms with Crippen LogP contribution in [-0.4, -0.2) is 105 Å². The lowest BCUT2D eigenvalue weighted by Crippen LogP contribution is -2.46. The highest BCUT2D eigenvalue weighted by Crippen LogP contribution is 2.19. The first-order chi connectivity index (χ1) is 34.0. The van der Waals surface area contributed by atoms with Gasteiger partial charge in [-0.1, -0.05) is 156 Å². The third-order valence-electron chi connectivity index (χ3n) is 11.9. The van der Waals surface area contributed by atoms with E-state index in [0.717, 1.165) is 128 Å². The van der Waals surface area contributed by atoms with Gasteiger partial charge >= 0.3 is 48.0 Å². The van der Waals surface area contributed by atoms with Crippen LogP contribution in [0.3, 0.4) is 0 Å². The zero-order chi connectivity index (χ0) is 53.0. The molecule has 0 aromatic heterocycles. The number of halogens is 3. The van der Waals surface area contributed by atoms with Crippen molar-refractivity contribution in [2.45, 2.75) is 245 Å². The van der Waals surface area contributed by atoms with Crippen molar-refractivity contribution >= 4 is 41.8 Å². The van der Waals surface area contributed by atoms with Gasteiger partial charge in [-0.25, -0.2) is 4.79 Å². The topological polar surface area (TPSA) is 207 Å². The van der Waals surface area contributed by atoms with E-state index in [1.54, 1.807) is 0 Å². The molecule has 1 saturated heterocycles. The van der Waals surface area contributed by atoms with Gasteiger partial charge in [-0.2, -0.15) is 13.2 Å². The molecule has 0 amide bonds. The van der Waals surface area contributed by atoms with E-state index in [-0.39, 0.29) is 69.6 Å². The van der Waals surface area contributed by atoms with Crippen molar-refractivity contribution in [3.63, 3.8) is 0 Å². The van der Waals surface area contributed by atoms with Crippen LogP contribution in [0.1, 0.15) is 227 Å². The highest BCUT2D eigenvalue weighted by atomic mass is 19.4. The molecule has 1 fully saturated rings. The maximum Gasteiger partial charge on any atom is 0.490 e. The van der Waals surface area contributed by atoms with E-state index in [0.29, 0.717) is 38.8 Å². The van der Waals surface area contributed by atoms with Crippen molar-refractivity contribution in [1.82, 2.24) is 5.32 Å². The monoisotopic (exact) mass is 1020 g/mol. The number of esters is 6. The number of nitrogens with one attached hydrogen (secondary N) is 1. The van der Waals surface area contributed by atoms with E-state index >= 15 is 0 Å². The van der Waals surface area contributed by atoms with Crippen LogP contribution in [0.25, 0.3) is 0 Å². The fraction of sp³-hybridized carbons (Fsp3) is 0.868. The van der Waals surface area contributed by atoms with E-state index in [1.807, 2.05) is 0 Å². The Hall–Kier alpha value is -3.96. The quantitative estimate of drug-likeness (QED) is 0.0331. The molecule has 18 heteroatoms. The second-order valence-electron chi connectivity index (χ2n) is 18.9. The third kappa shape index (κ3) is 42.3. The first-order valence-electron chi connectivity index (χ1n) is 27.1. The number of aliphatic carboxylic acids is 1. The molecule has 0 unspecified atom stereocenters. The summed E-state index contributed by atoms with van der Waals surface area (Å²) in [6.45, 7) is 9.09. The Morgan fingerprint density at radius 1 is 0.437 bits per heavy atom. The Balaban J connectivity index is 0.00000647. The number of carboxylic acid groups (broad SMARTS) is 1. The number of carbonyl (C=O) groups is 7. The Bertz CT molecular complexity index is 1280. The molecule has 414 valence electrons. The Kier molecular flexibility index (Phi) is 42.2. The number of hydrogen-bond donors (Lipinski definition) is 2. The molecular formula is C53H92F3NO14. The number of unbranched alkanes of at least 4 members (excludes halogenated alkanes) is 20. The fourth-order valence-electron chi connectivity index (χ4n) is 7.65. The average molecular weight is 1020 g/mol. The number of piperidine rings is 1. The Morgan fingerprint density at radius 2 is 0.676 bits per heavy atom. The molecule has 1 aliphatic rings. The van der Waals surface area contributed by atoms with Crippen molar-refractivity contribution < 1.29 is 80.3 Å². The van der Waals surface area contributed by atoms with E-state index in [2.05, 4.69) is 33.0 Å². The number of alkyl halides is 3. The smallest absolute Gasteiger partial charge is 0.475 e. The zero-order valence-electron chi connectivity index (χ0n) is 43.9. The van der Waals surface area contributed by atoms with Crippen LogP contribution in [0, 0.1) is 11.8 Å². The van der Waals surface area contributed by atoms with Crippen LogP contribution in [0.15, 0.2) is 0 Å². The van der Waals surface area contributed by atoms with Gasteiger partial charge in [-0.3, -0.25) is 28.8 Å². The van der Waals surface area contributed by atoms with Gasteiger partial charge in [-0.15, -0.1) is 0 Å². The molecule has 0 aromatic carbocycles. The summed E-state index contributed by atoms with van der Waals surface area (Å²) in [5.41, 5.74) is 0. The summed E-state index contributed by atoms with van der Waals surface area (Å²) in [5.74, 6) is -6.33. The van der Waals surface area contributed by atoms with Gasteiger partial charge in [0.05, 0.1) is 39.3 Å². The van der Waals surface area contributed by atoms with Gasteiger partial charge in [0, 0.05) is 57.0 Å². The average Bonchev–Trinajstić information content (AvgIpc) is 3.32. The van der Waals surface area contributed by atoms with E-state index in [9.17, 15) is 41.9 Å². The molecule has 2 atom stereocenters. The Labute approximate surface area is 422 Å². The maximum atomic E-state index is 13.3. The predicted octanol–water partition coefficient (Wildman–Crippen LogP) is 11.6. The number of rotatable bonds is 42. The van der Waals surface area contributed by atoms with E-state index in [1.165, 1.54) is 25.7 Å². The molecule has 0 saturated carbocycles. The molecule has 0 spiro atoms. The molecule has 0 radical (unpaired) electrons. The minimum atomic E-state index is -5.08. The molecule has 15 nitrogen and oxygen atoms in total. The van der Waals surface area contributed by atoms with Crippen molar-refractivity contribution in [2.24, 2.45) is 11.8 Å². The van der Waals surface area contributed by atoms with Gasteiger partial charge in [0.25, 0.3) is 0 Å². The molecule has 1 rings (SSSR count). The summed E-state index contributed by atoms with van der Waals surface area (Å²) in [6, 6.07) is 0. The molecule has 2 N–H and O–H groups in total. The molecule has 0 aliphatic carbocycles. The standard InChI is InChI=1S/C51H91NO12.C2HF3O2/c1-5-9-13-17-21-25-29-46(53)59-38-42(39-60-47(54)30-26-22-18-14-10-6-2)33-50(57)63-44-35-45(37-52-36-44)64-51(58)34-43(40-61-48(55)31-27-23-19-15-11-7-3)41-62-49(56)32-28-24-20-16-12-8-4;3-2(4,5)1(6)7/h42-45,52H,5-41H2,1-4H3;(H,6,7)/t44-,45-;/m1./s1. The summed E-state index contributed by atoms with van der Waals surface area (Å²) in [4.78, 5) is 85.7. The lowest BCUT2D eigenvalue weighted by atomic mass is 10.1. The molecule has 1 heterocycles. The molecule has 1 aliphatic heterocycles. The second kappa shape index (κ2) is 44.7. The molecule has 0 aromatic rings. The highest BCUT2D eigenvalue weighted by Gasteiger charge is 2.38. The minimum absolute atomic E-state index is 0.0683. The van der Waals surface area contributed by atoms with Crippen LogP contribution in [0.4, 0.5) is 13.2 Å². The van der Waals surface area contributed by atoms with Crippen LogP contribution in [0.2, 0.25) is 0 Å². The van der Waals surface area contributed by atoms with Crippen molar-refractivity contribution in [3.8, 4) is 0 Å². The minimum Gasteiger partial charge on any atom is -0.475 e. The Morgan fingerprint density at radius 3 is 0.915 bits per heavy atom. The summed E-state index contributed by atoms with van der Waals surface area (Å²) in [6.07, 6.45) is 20.0. The number of carbonyl (C=O) groups excluding carboxylic acids is 6. The summed E-state index contributed by atoms with van der Waals surface area (Å²) < 4.78 is 65.6. The molecular weight excluding hydrogens is 932 g/mol. The fourth-order valence-corrected chi connectivity index (χ4v) is 7.65. The summed E-state index contributed by atoms with van der Waals surface area (Å²) >= 11 is 0. The van der Waals surface area contributed by atoms with Crippen LogP contribution < -0.4 is 5.32 Å². The van der Waals surface area contributed by atoms with Gasteiger partial charge in [-0.05, 0) is 25.7 Å². The van der Waals surface area contributed by atoms with Gasteiger partial charge < -0.3 is 38.8 Å². The maximum absolute atomic E-state index is 13.3. The molecule has 71 heavy (non-hydrogen) atoms. The van der Waals surface area contributed by atoms with E-state index in [4.69, 9.17) is 38.3 Å². The normalized spacial score (nSPS) is 14.5. The van der Waals surface area contributed by atoms with Gasteiger partial charge in [0.1, 0.15) is 12.2 Å². The van der Waals surface area contributed by atoms with Crippen molar-refractivity contribution in [1.29, 1.82) is 0 Å². The lowest BCUT2D eigenvalue weighted by Gasteiger charge is -2.30. The number of hydrogen-bond acceptors (Lipinski definition) is 14. The van der Waals surface area contributed by atoms with E-state index < -0.39 is 48.1 Å². The van der Waals surface area contributed by atoms with Crippen LogP contribution in [-0.2, 0) is 62.0 Å². The third-order valence-corrected chi connectivity index (χ3v) is 11.9. The van der Waals surface area contributed by atoms with Gasteiger partial charge in [0.2, 0.25) is 0 Å². The molecule has 0 bridgehead atoms. The van der Waals surface area contributed by atoms with Crippen molar-refractivity contribution in [2.75, 3.05) is 39.5 Å². The first-order valence-corrected chi connectivity index (χ1v) is 27.1. The van der Waals surface area contributed by atoms with Crippen LogP contribution in [0.5, 0.6) is 0 Å². The first kappa shape index (κ1) is 67.0. The number of ether oxygens (including phenoxy) is 6. The number of carboxylic acids is 1. The summed E-state index contributed by atoms with van der Waals surface area (Å²) in [7, 11) is 0. The zero-order valence-corrected chi connectivity index (χ0v) is 43.9. The SMILES string of the molecule is CCCCCCCCC(=O)OCC(COC(=O)CCCCCCCC)CC(=O)O[C@H]1CNC[C@H](OC(=O)CC(COC(=O)CCCCCCCC)COC(=O)CCCCCCCC)C1.O=C(O)C(F)(F)F. The summed E-state index contributed by atoms with van der Waals surface area (Å²) in [5, 5.41) is 10.3. The van der Waals surface area contributed by atoms with Crippen molar-refractivity contribution in [3.05, 3.63) is 0 Å². The lowest BCUT2D eigenvalue weighted by molar-refractivity contribution is -0.192. The largest absolute Gasteiger partial charge is 0.490 e. The second-order valence-corrected chi connectivity index (χ2v) is 18.9.